The number of thiazole rings is 1. The Balaban J connectivity index is 0.00000128. The van der Waals surface area contributed by atoms with Crippen LogP contribution in [-0.4, -0.2) is 42.8 Å². The molecule has 0 aliphatic carbocycles. The summed E-state index contributed by atoms with van der Waals surface area (Å²) >= 11 is 1.82. The van der Waals surface area contributed by atoms with Gasteiger partial charge >= 0.3 is 0 Å². The van der Waals surface area contributed by atoms with Gasteiger partial charge in [-0.1, -0.05) is 41.7 Å². The first-order valence-electron chi connectivity index (χ1n) is 10.2. The minimum absolute atomic E-state index is 0. The number of anilines is 1. The maximum Gasteiger partial charge on any atom is 0.186 e. The van der Waals surface area contributed by atoms with Gasteiger partial charge in [0.2, 0.25) is 0 Å². The summed E-state index contributed by atoms with van der Waals surface area (Å²) in [5, 5.41) is 1.18. The number of ether oxygens (including phenoxy) is 1. The zero-order chi connectivity index (χ0) is 19.1. The molecule has 1 fully saturated rings. The lowest BCUT2D eigenvalue weighted by atomic mass is 9.96. The molecule has 162 valence electrons. The van der Waals surface area contributed by atoms with E-state index in [0.717, 1.165) is 43.2 Å². The Morgan fingerprint density at radius 1 is 1.10 bits per heavy atom. The molecule has 0 saturated carbocycles. The van der Waals surface area contributed by atoms with E-state index >= 15 is 0 Å². The van der Waals surface area contributed by atoms with Gasteiger partial charge < -0.3 is 9.64 Å². The third-order valence-corrected chi connectivity index (χ3v) is 7.24. The lowest BCUT2D eigenvalue weighted by Crippen LogP contribution is -2.42. The zero-order valence-electron chi connectivity index (χ0n) is 17.4. The van der Waals surface area contributed by atoms with Gasteiger partial charge in [0.15, 0.2) is 11.4 Å². The SMILES string of the molecule is Cc1cccc2c1OC(N(C)CC1CCN(c3nc4ccccc4s3)CC1)C2.Cl.Cl. The van der Waals surface area contributed by atoms with Crippen molar-refractivity contribution in [2.45, 2.75) is 32.4 Å². The molecule has 2 aliphatic heterocycles. The zero-order valence-corrected chi connectivity index (χ0v) is 19.9. The van der Waals surface area contributed by atoms with Gasteiger partial charge in [0.25, 0.3) is 0 Å². The van der Waals surface area contributed by atoms with Crippen LogP contribution in [0.25, 0.3) is 10.2 Å². The van der Waals surface area contributed by atoms with E-state index in [1.54, 1.807) is 0 Å². The standard InChI is InChI=1S/C23H27N3OS.2ClH/c1-16-6-5-7-18-14-21(27-22(16)18)25(2)15-17-10-12-26(13-11-17)23-24-19-8-3-4-9-20(19)28-23;;/h3-9,17,21H,10-15H2,1-2H3;2*1H. The lowest BCUT2D eigenvalue weighted by Gasteiger charge is -2.35. The molecule has 0 N–H and O–H groups in total. The van der Waals surface area contributed by atoms with Crippen molar-refractivity contribution in [3.05, 3.63) is 53.6 Å². The summed E-state index contributed by atoms with van der Waals surface area (Å²) in [6.07, 6.45) is 3.62. The lowest BCUT2D eigenvalue weighted by molar-refractivity contribution is 0.0486. The molecule has 1 unspecified atom stereocenters. The van der Waals surface area contributed by atoms with Gasteiger partial charge in [0.05, 0.1) is 10.2 Å². The third-order valence-electron chi connectivity index (χ3n) is 6.15. The normalized spacial score (nSPS) is 18.6. The summed E-state index contributed by atoms with van der Waals surface area (Å²) in [6.45, 7) is 5.44. The number of nitrogens with zero attached hydrogens (tertiary/aromatic N) is 3. The summed E-state index contributed by atoms with van der Waals surface area (Å²) in [5.41, 5.74) is 3.72. The number of piperidine rings is 1. The Hall–Kier alpha value is -1.53. The molecule has 30 heavy (non-hydrogen) atoms. The van der Waals surface area contributed by atoms with Crippen molar-refractivity contribution in [1.29, 1.82) is 0 Å². The summed E-state index contributed by atoms with van der Waals surface area (Å²) in [4.78, 5) is 9.71. The molecule has 4 nitrogen and oxygen atoms in total. The topological polar surface area (TPSA) is 28.6 Å². The molecule has 1 saturated heterocycles. The van der Waals surface area contributed by atoms with Crippen LogP contribution in [0.1, 0.15) is 24.0 Å². The third kappa shape index (κ3) is 4.54. The molecule has 0 amide bonds. The van der Waals surface area contributed by atoms with E-state index in [2.05, 4.69) is 66.2 Å². The van der Waals surface area contributed by atoms with Gasteiger partial charge in [0, 0.05) is 26.1 Å². The average molecular weight is 466 g/mol. The highest BCUT2D eigenvalue weighted by Gasteiger charge is 2.30. The molecule has 2 aromatic carbocycles. The first-order chi connectivity index (χ1) is 13.7. The monoisotopic (exact) mass is 465 g/mol. The molecule has 5 rings (SSSR count). The number of aryl methyl sites for hydroxylation is 1. The average Bonchev–Trinajstić information content (AvgIpc) is 3.33. The van der Waals surface area contributed by atoms with Crippen molar-refractivity contribution in [3.63, 3.8) is 0 Å². The van der Waals surface area contributed by atoms with Crippen molar-refractivity contribution in [2.24, 2.45) is 5.92 Å². The number of likely N-dealkylation sites (N-methyl/N-ethyl adjacent to an activating group) is 1. The summed E-state index contributed by atoms with van der Waals surface area (Å²) in [7, 11) is 2.21. The predicted molar refractivity (Wildman–Crippen MR) is 131 cm³/mol. The van der Waals surface area contributed by atoms with E-state index in [0.29, 0.717) is 0 Å². The van der Waals surface area contributed by atoms with Crippen molar-refractivity contribution >= 4 is 51.5 Å². The Morgan fingerprint density at radius 3 is 2.60 bits per heavy atom. The molecule has 1 aromatic heterocycles. The van der Waals surface area contributed by atoms with Crippen LogP contribution in [0.4, 0.5) is 5.13 Å². The Kier molecular flexibility index (Phi) is 7.51. The molecule has 0 radical (unpaired) electrons. The second kappa shape index (κ2) is 9.73. The fourth-order valence-electron chi connectivity index (χ4n) is 4.48. The second-order valence-corrected chi connectivity index (χ2v) is 9.18. The van der Waals surface area contributed by atoms with Crippen molar-refractivity contribution in [1.82, 2.24) is 9.88 Å². The summed E-state index contributed by atoms with van der Waals surface area (Å²) < 4.78 is 7.56. The minimum atomic E-state index is 0. The van der Waals surface area contributed by atoms with E-state index in [1.165, 1.54) is 33.8 Å². The molecule has 0 spiro atoms. The first kappa shape index (κ1) is 23.1. The number of hydrogen-bond acceptors (Lipinski definition) is 5. The molecular weight excluding hydrogens is 437 g/mol. The highest BCUT2D eigenvalue weighted by atomic mass is 35.5. The van der Waals surface area contributed by atoms with Gasteiger partial charge in [-0.15, -0.1) is 24.8 Å². The number of aromatic nitrogens is 1. The van der Waals surface area contributed by atoms with Crippen LogP contribution in [0.2, 0.25) is 0 Å². The van der Waals surface area contributed by atoms with E-state index < -0.39 is 0 Å². The second-order valence-electron chi connectivity index (χ2n) is 8.17. The van der Waals surface area contributed by atoms with Crippen LogP contribution < -0.4 is 9.64 Å². The molecule has 7 heteroatoms. The first-order valence-corrected chi connectivity index (χ1v) is 11.0. The Bertz CT molecular complexity index is 954. The van der Waals surface area contributed by atoms with Crippen LogP contribution in [0.15, 0.2) is 42.5 Å². The number of hydrogen-bond donors (Lipinski definition) is 0. The van der Waals surface area contributed by atoms with Crippen LogP contribution in [0.5, 0.6) is 5.75 Å². The van der Waals surface area contributed by atoms with Gasteiger partial charge in [-0.05, 0) is 56.0 Å². The van der Waals surface area contributed by atoms with E-state index in [9.17, 15) is 0 Å². The van der Waals surface area contributed by atoms with E-state index in [-0.39, 0.29) is 31.0 Å². The predicted octanol–water partition coefficient (Wildman–Crippen LogP) is 5.56. The van der Waals surface area contributed by atoms with Crippen LogP contribution in [0.3, 0.4) is 0 Å². The minimum Gasteiger partial charge on any atom is -0.474 e. The maximum atomic E-state index is 6.27. The maximum absolute atomic E-state index is 6.27. The van der Waals surface area contributed by atoms with Gasteiger partial charge in [-0.2, -0.15) is 0 Å². The quantitative estimate of drug-likeness (QED) is 0.504. The smallest absolute Gasteiger partial charge is 0.186 e. The largest absolute Gasteiger partial charge is 0.474 e. The van der Waals surface area contributed by atoms with Gasteiger partial charge in [-0.3, -0.25) is 4.90 Å². The fraction of sp³-hybridized carbons (Fsp3) is 0.435. The Labute approximate surface area is 195 Å². The molecule has 0 bridgehead atoms. The number of para-hydroxylation sites is 2. The number of fused-ring (bicyclic) bond motifs is 2. The van der Waals surface area contributed by atoms with Crippen LogP contribution >= 0.6 is 36.2 Å². The molecule has 3 heterocycles. The van der Waals surface area contributed by atoms with E-state index in [1.807, 2.05) is 11.3 Å². The van der Waals surface area contributed by atoms with Crippen molar-refractivity contribution in [2.75, 3.05) is 31.6 Å². The van der Waals surface area contributed by atoms with Gasteiger partial charge in [0.1, 0.15) is 5.75 Å². The van der Waals surface area contributed by atoms with Crippen LogP contribution in [0, 0.1) is 12.8 Å². The van der Waals surface area contributed by atoms with Crippen molar-refractivity contribution in [3.8, 4) is 5.75 Å². The van der Waals surface area contributed by atoms with E-state index in [4.69, 9.17) is 9.72 Å². The summed E-state index contributed by atoms with van der Waals surface area (Å²) in [5.74, 6) is 1.83. The van der Waals surface area contributed by atoms with Crippen LogP contribution in [-0.2, 0) is 6.42 Å². The number of benzene rings is 2. The molecule has 2 aliphatic rings. The highest BCUT2D eigenvalue weighted by molar-refractivity contribution is 7.22. The number of rotatable bonds is 4. The Morgan fingerprint density at radius 2 is 1.87 bits per heavy atom. The number of halogens is 2. The molecular formula is C23H29Cl2N3OS. The van der Waals surface area contributed by atoms with Crippen molar-refractivity contribution < 1.29 is 4.74 Å². The summed E-state index contributed by atoms with van der Waals surface area (Å²) in [6, 6.07) is 14.9. The molecule has 1 atom stereocenters. The highest BCUT2D eigenvalue weighted by Crippen LogP contribution is 2.34. The van der Waals surface area contributed by atoms with Gasteiger partial charge in [-0.25, -0.2) is 4.98 Å². The molecule has 3 aromatic rings. The fourth-order valence-corrected chi connectivity index (χ4v) is 5.50.